The van der Waals surface area contributed by atoms with Crippen molar-refractivity contribution in [3.63, 3.8) is 0 Å². The van der Waals surface area contributed by atoms with Crippen molar-refractivity contribution in [2.24, 2.45) is 10.9 Å². The first kappa shape index (κ1) is 21.4. The monoisotopic (exact) mass is 418 g/mol. The van der Waals surface area contributed by atoms with Crippen LogP contribution in [0.5, 0.6) is 5.75 Å². The molecular weight excluding hydrogens is 396 g/mol. The van der Waals surface area contributed by atoms with Gasteiger partial charge in [-0.1, -0.05) is 47.6 Å². The number of amides is 2. The molecule has 0 aliphatic rings. The van der Waals surface area contributed by atoms with Crippen LogP contribution in [-0.2, 0) is 9.63 Å². The highest BCUT2D eigenvalue weighted by Gasteiger charge is 2.10. The number of rotatable bonds is 8. The van der Waals surface area contributed by atoms with E-state index in [1.165, 1.54) is 7.11 Å². The number of nitrogens with two attached hydrogens (primary N) is 1. The molecule has 0 aliphatic carbocycles. The third-order valence-electron chi connectivity index (χ3n) is 4.21. The van der Waals surface area contributed by atoms with E-state index in [0.29, 0.717) is 28.3 Å². The number of hydrogen-bond donors (Lipinski definition) is 3. The molecule has 0 unspecified atom stereocenters. The molecule has 0 radical (unpaired) electrons. The minimum Gasteiger partial charge on any atom is -0.495 e. The summed E-state index contributed by atoms with van der Waals surface area (Å²) >= 11 is 0. The highest BCUT2D eigenvalue weighted by molar-refractivity contribution is 6.05. The van der Waals surface area contributed by atoms with E-state index in [1.807, 2.05) is 24.3 Å². The van der Waals surface area contributed by atoms with Gasteiger partial charge in [-0.2, -0.15) is 0 Å². The Bertz CT molecular complexity index is 1070. The Morgan fingerprint density at radius 1 is 0.871 bits per heavy atom. The molecule has 31 heavy (non-hydrogen) atoms. The Labute approximate surface area is 179 Å². The normalized spacial score (nSPS) is 10.8. The van der Waals surface area contributed by atoms with Gasteiger partial charge in [0.15, 0.2) is 12.4 Å². The fourth-order valence-electron chi connectivity index (χ4n) is 2.67. The Kier molecular flexibility index (Phi) is 7.21. The lowest BCUT2D eigenvalue weighted by molar-refractivity contribution is -0.120. The van der Waals surface area contributed by atoms with Gasteiger partial charge >= 0.3 is 0 Å². The van der Waals surface area contributed by atoms with Crippen molar-refractivity contribution in [3.8, 4) is 5.75 Å². The van der Waals surface area contributed by atoms with Gasteiger partial charge in [0, 0.05) is 16.8 Å². The second kappa shape index (κ2) is 10.4. The standard InChI is InChI=1S/C23H22N4O4/c1-30-20-10-6-5-9-19(20)26-23(29)17-11-13-18(14-12-17)25-21(28)15-31-27-22(24)16-7-3-2-4-8-16/h2-14H,15H2,1H3,(H2,24,27)(H,25,28)(H,26,29). The summed E-state index contributed by atoms with van der Waals surface area (Å²) in [5.74, 6) is 0.0429. The molecule has 158 valence electrons. The molecule has 0 atom stereocenters. The Morgan fingerprint density at radius 2 is 1.55 bits per heavy atom. The fourth-order valence-corrected chi connectivity index (χ4v) is 2.67. The lowest BCUT2D eigenvalue weighted by Crippen LogP contribution is -2.19. The lowest BCUT2D eigenvalue weighted by Gasteiger charge is -2.10. The number of carbonyl (C=O) groups excluding carboxylic acids is 2. The molecule has 0 bridgehead atoms. The van der Waals surface area contributed by atoms with E-state index in [2.05, 4.69) is 15.8 Å². The number of ether oxygens (including phenoxy) is 1. The summed E-state index contributed by atoms with van der Waals surface area (Å²) in [6.45, 7) is -0.302. The van der Waals surface area contributed by atoms with Gasteiger partial charge in [0.2, 0.25) is 0 Å². The van der Waals surface area contributed by atoms with Crippen LogP contribution in [0.4, 0.5) is 11.4 Å². The second-order valence-electron chi connectivity index (χ2n) is 6.40. The van der Waals surface area contributed by atoms with Crippen LogP contribution in [-0.4, -0.2) is 31.4 Å². The van der Waals surface area contributed by atoms with E-state index < -0.39 is 5.91 Å². The van der Waals surface area contributed by atoms with Crippen LogP contribution < -0.4 is 21.1 Å². The average molecular weight is 418 g/mol. The second-order valence-corrected chi connectivity index (χ2v) is 6.40. The molecule has 2 amide bonds. The van der Waals surface area contributed by atoms with Crippen molar-refractivity contribution in [1.29, 1.82) is 0 Å². The smallest absolute Gasteiger partial charge is 0.265 e. The molecule has 3 rings (SSSR count). The Balaban J connectivity index is 1.51. The number of benzene rings is 3. The minimum atomic E-state index is -0.407. The maximum Gasteiger partial charge on any atom is 0.265 e. The summed E-state index contributed by atoms with van der Waals surface area (Å²) in [5, 5.41) is 9.19. The third kappa shape index (κ3) is 6.07. The average Bonchev–Trinajstić information content (AvgIpc) is 2.80. The Hall–Kier alpha value is -4.33. The molecule has 3 aromatic rings. The SMILES string of the molecule is COc1ccccc1NC(=O)c1ccc(NC(=O)CO/N=C(/N)c2ccccc2)cc1. The highest BCUT2D eigenvalue weighted by atomic mass is 16.6. The maximum atomic E-state index is 12.4. The summed E-state index contributed by atoms with van der Waals surface area (Å²) in [7, 11) is 1.54. The highest BCUT2D eigenvalue weighted by Crippen LogP contribution is 2.23. The predicted molar refractivity (Wildman–Crippen MR) is 119 cm³/mol. The molecule has 0 aliphatic heterocycles. The van der Waals surface area contributed by atoms with Crippen molar-refractivity contribution in [2.75, 3.05) is 24.4 Å². The molecule has 3 aromatic carbocycles. The number of nitrogens with zero attached hydrogens (tertiary/aromatic N) is 1. The van der Waals surface area contributed by atoms with Gasteiger partial charge in [0.05, 0.1) is 12.8 Å². The van der Waals surface area contributed by atoms with E-state index in [-0.39, 0.29) is 18.3 Å². The van der Waals surface area contributed by atoms with Crippen LogP contribution in [0.2, 0.25) is 0 Å². The number of carbonyl (C=O) groups is 2. The number of amidine groups is 1. The number of anilines is 2. The molecule has 0 saturated heterocycles. The Morgan fingerprint density at radius 3 is 2.26 bits per heavy atom. The van der Waals surface area contributed by atoms with Crippen LogP contribution in [0.3, 0.4) is 0 Å². The molecular formula is C23H22N4O4. The summed E-state index contributed by atoms with van der Waals surface area (Å²) in [4.78, 5) is 29.5. The maximum absolute atomic E-state index is 12.4. The van der Waals surface area contributed by atoms with Crippen LogP contribution in [0.25, 0.3) is 0 Å². The molecule has 8 heteroatoms. The number of methoxy groups -OCH3 is 1. The summed E-state index contributed by atoms with van der Waals surface area (Å²) in [6.07, 6.45) is 0. The quantitative estimate of drug-likeness (QED) is 0.295. The van der Waals surface area contributed by atoms with Crippen molar-refractivity contribution >= 4 is 29.0 Å². The van der Waals surface area contributed by atoms with E-state index >= 15 is 0 Å². The topological polar surface area (TPSA) is 115 Å². The van der Waals surface area contributed by atoms with Gasteiger partial charge in [-0.25, -0.2) is 0 Å². The number of para-hydroxylation sites is 2. The van der Waals surface area contributed by atoms with E-state index in [9.17, 15) is 9.59 Å². The largest absolute Gasteiger partial charge is 0.495 e. The predicted octanol–water partition coefficient (Wildman–Crippen LogP) is 3.22. The molecule has 0 fully saturated rings. The van der Waals surface area contributed by atoms with Gasteiger partial charge in [-0.3, -0.25) is 9.59 Å². The molecule has 8 nitrogen and oxygen atoms in total. The van der Waals surface area contributed by atoms with Crippen LogP contribution >= 0.6 is 0 Å². The summed E-state index contributed by atoms with van der Waals surface area (Å²) in [6, 6.07) is 22.7. The van der Waals surface area contributed by atoms with Crippen LogP contribution in [0.15, 0.2) is 84.0 Å². The van der Waals surface area contributed by atoms with Crippen LogP contribution in [0.1, 0.15) is 15.9 Å². The number of nitrogens with one attached hydrogen (secondary N) is 2. The summed E-state index contributed by atoms with van der Waals surface area (Å²) in [5.41, 5.74) is 8.02. The van der Waals surface area contributed by atoms with E-state index in [4.69, 9.17) is 15.3 Å². The van der Waals surface area contributed by atoms with Gasteiger partial charge in [0.1, 0.15) is 5.75 Å². The zero-order chi connectivity index (χ0) is 22.1. The molecule has 0 saturated carbocycles. The molecule has 0 aromatic heterocycles. The number of hydrogen-bond acceptors (Lipinski definition) is 5. The van der Waals surface area contributed by atoms with Gasteiger partial charge in [-0.05, 0) is 36.4 Å². The molecule has 0 heterocycles. The van der Waals surface area contributed by atoms with Crippen molar-refractivity contribution in [1.82, 2.24) is 0 Å². The van der Waals surface area contributed by atoms with E-state index in [1.54, 1.807) is 54.6 Å². The zero-order valence-corrected chi connectivity index (χ0v) is 16.9. The summed E-state index contributed by atoms with van der Waals surface area (Å²) < 4.78 is 5.23. The first-order chi connectivity index (χ1) is 15.1. The van der Waals surface area contributed by atoms with Crippen molar-refractivity contribution in [3.05, 3.63) is 90.0 Å². The first-order valence-electron chi connectivity index (χ1n) is 9.42. The van der Waals surface area contributed by atoms with Gasteiger partial charge in [-0.15, -0.1) is 0 Å². The minimum absolute atomic E-state index is 0.179. The van der Waals surface area contributed by atoms with Gasteiger partial charge in [0.25, 0.3) is 11.8 Å². The molecule has 0 spiro atoms. The first-order valence-corrected chi connectivity index (χ1v) is 9.42. The number of oxime groups is 1. The van der Waals surface area contributed by atoms with Gasteiger partial charge < -0.3 is 25.9 Å². The van der Waals surface area contributed by atoms with Crippen molar-refractivity contribution in [2.45, 2.75) is 0 Å². The van der Waals surface area contributed by atoms with Crippen LogP contribution in [0, 0.1) is 0 Å². The van der Waals surface area contributed by atoms with Crippen molar-refractivity contribution < 1.29 is 19.2 Å². The molecule has 4 N–H and O–H groups in total. The fraction of sp³-hybridized carbons (Fsp3) is 0.0870. The lowest BCUT2D eigenvalue weighted by atomic mass is 10.2. The third-order valence-corrected chi connectivity index (χ3v) is 4.21. The van der Waals surface area contributed by atoms with E-state index in [0.717, 1.165) is 0 Å². The zero-order valence-electron chi connectivity index (χ0n) is 16.9.